The van der Waals surface area contributed by atoms with Crippen molar-refractivity contribution in [3.63, 3.8) is 0 Å². The van der Waals surface area contributed by atoms with E-state index in [4.69, 9.17) is 5.26 Å². The van der Waals surface area contributed by atoms with Gasteiger partial charge in [0.15, 0.2) is 0 Å². The minimum atomic E-state index is -0.218. The van der Waals surface area contributed by atoms with Gasteiger partial charge in [-0.05, 0) is 25.7 Å². The third kappa shape index (κ3) is 1.43. The molecule has 2 aromatic heterocycles. The molecular weight excluding hydrogens is 218 g/mol. The molecule has 0 amide bonds. The van der Waals surface area contributed by atoms with E-state index in [0.29, 0.717) is 5.52 Å². The first kappa shape index (κ1) is 10.0. The molecule has 3 rings (SSSR count). The number of hydrogen-bond acceptors (Lipinski definition) is 4. The van der Waals surface area contributed by atoms with Crippen molar-refractivity contribution >= 4 is 5.52 Å². The molecule has 0 N–H and O–H groups in total. The van der Waals surface area contributed by atoms with Crippen molar-refractivity contribution in [1.82, 2.24) is 19.4 Å². The maximum Gasteiger partial charge on any atom is 0.294 e. The van der Waals surface area contributed by atoms with Gasteiger partial charge >= 0.3 is 0 Å². The van der Waals surface area contributed by atoms with Crippen LogP contribution in [-0.2, 0) is 19.4 Å². The quantitative estimate of drug-likeness (QED) is 0.704. The molecular formula is C11H11N5O. The largest absolute Gasteiger partial charge is 0.294 e. The van der Waals surface area contributed by atoms with E-state index >= 15 is 0 Å². The first-order valence-corrected chi connectivity index (χ1v) is 5.64. The Hall–Kier alpha value is -2.16. The summed E-state index contributed by atoms with van der Waals surface area (Å²) in [5, 5.41) is 16.9. The van der Waals surface area contributed by atoms with E-state index in [1.165, 1.54) is 11.0 Å². The zero-order valence-corrected chi connectivity index (χ0v) is 9.26. The Morgan fingerprint density at radius 1 is 1.41 bits per heavy atom. The molecule has 1 aliphatic rings. The smallest absolute Gasteiger partial charge is 0.265 e. The van der Waals surface area contributed by atoms with E-state index < -0.39 is 0 Å². The second kappa shape index (κ2) is 3.70. The zero-order chi connectivity index (χ0) is 11.8. The lowest BCUT2D eigenvalue weighted by Gasteiger charge is -2.08. The predicted octanol–water partition coefficient (Wildman–Crippen LogP) is 0.293. The van der Waals surface area contributed by atoms with E-state index in [0.717, 1.165) is 36.9 Å². The molecule has 6 nitrogen and oxygen atoms in total. The van der Waals surface area contributed by atoms with E-state index in [2.05, 4.69) is 10.2 Å². The van der Waals surface area contributed by atoms with Crippen LogP contribution < -0.4 is 5.56 Å². The summed E-state index contributed by atoms with van der Waals surface area (Å²) in [7, 11) is 0. The van der Waals surface area contributed by atoms with Gasteiger partial charge in [-0.25, -0.2) is 9.20 Å². The number of fused-ring (bicyclic) bond motifs is 3. The van der Waals surface area contributed by atoms with Crippen molar-refractivity contribution in [2.75, 3.05) is 0 Å². The Morgan fingerprint density at radius 3 is 3.06 bits per heavy atom. The molecule has 6 heteroatoms. The monoisotopic (exact) mass is 229 g/mol. The molecule has 0 radical (unpaired) electrons. The van der Waals surface area contributed by atoms with Crippen LogP contribution in [0.3, 0.4) is 0 Å². The van der Waals surface area contributed by atoms with Gasteiger partial charge in [0, 0.05) is 5.56 Å². The molecule has 0 spiro atoms. The lowest BCUT2D eigenvalue weighted by Crippen LogP contribution is -2.25. The van der Waals surface area contributed by atoms with Gasteiger partial charge in [0.1, 0.15) is 18.4 Å². The van der Waals surface area contributed by atoms with Crippen molar-refractivity contribution in [1.29, 1.82) is 5.26 Å². The summed E-state index contributed by atoms with van der Waals surface area (Å²) in [6, 6.07) is 1.93. The number of hydrogen-bond donors (Lipinski definition) is 0. The van der Waals surface area contributed by atoms with Crippen LogP contribution in [0.5, 0.6) is 0 Å². The summed E-state index contributed by atoms with van der Waals surface area (Å²) in [6.07, 6.45) is 5.54. The highest BCUT2D eigenvalue weighted by atomic mass is 16.1. The number of nitrogens with zero attached hydrogens (tertiary/aromatic N) is 5. The SMILES string of the molecule is N#CCn1ncn2nc3c(c2c1=O)CCCC3. The predicted molar refractivity (Wildman–Crippen MR) is 59.5 cm³/mol. The topological polar surface area (TPSA) is 76.0 Å². The van der Waals surface area contributed by atoms with Gasteiger partial charge in [-0.1, -0.05) is 0 Å². The maximum atomic E-state index is 12.1. The van der Waals surface area contributed by atoms with Crippen molar-refractivity contribution in [3.05, 3.63) is 27.9 Å². The molecule has 17 heavy (non-hydrogen) atoms. The second-order valence-electron chi connectivity index (χ2n) is 4.18. The minimum Gasteiger partial charge on any atom is -0.265 e. The fourth-order valence-corrected chi connectivity index (χ4v) is 2.35. The van der Waals surface area contributed by atoms with E-state index in [9.17, 15) is 4.79 Å². The highest BCUT2D eigenvalue weighted by Crippen LogP contribution is 2.22. The van der Waals surface area contributed by atoms with Crippen LogP contribution in [0, 0.1) is 11.3 Å². The van der Waals surface area contributed by atoms with Gasteiger partial charge < -0.3 is 0 Å². The highest BCUT2D eigenvalue weighted by Gasteiger charge is 2.19. The Morgan fingerprint density at radius 2 is 2.24 bits per heavy atom. The normalized spacial score (nSPS) is 14.5. The summed E-state index contributed by atoms with van der Waals surface area (Å²) < 4.78 is 2.73. The summed E-state index contributed by atoms with van der Waals surface area (Å²) in [6.45, 7) is -0.0186. The summed E-state index contributed by atoms with van der Waals surface area (Å²) >= 11 is 0. The average Bonchev–Trinajstić information content (AvgIpc) is 2.72. The van der Waals surface area contributed by atoms with Crippen LogP contribution >= 0.6 is 0 Å². The molecule has 2 aromatic rings. The summed E-state index contributed by atoms with van der Waals surface area (Å²) in [5.74, 6) is 0. The average molecular weight is 229 g/mol. The Kier molecular flexibility index (Phi) is 2.18. The lowest BCUT2D eigenvalue weighted by atomic mass is 9.97. The van der Waals surface area contributed by atoms with Crippen LogP contribution in [0.25, 0.3) is 5.52 Å². The van der Waals surface area contributed by atoms with Crippen molar-refractivity contribution < 1.29 is 0 Å². The molecule has 0 aromatic carbocycles. The van der Waals surface area contributed by atoms with Gasteiger partial charge in [-0.2, -0.15) is 15.5 Å². The first-order valence-electron chi connectivity index (χ1n) is 5.64. The molecule has 86 valence electrons. The fourth-order valence-electron chi connectivity index (χ4n) is 2.35. The Bertz CT molecular complexity index is 675. The Balaban J connectivity index is 2.31. The van der Waals surface area contributed by atoms with E-state index in [1.54, 1.807) is 4.52 Å². The van der Waals surface area contributed by atoms with Crippen LogP contribution in [0.4, 0.5) is 0 Å². The van der Waals surface area contributed by atoms with Gasteiger partial charge in [-0.15, -0.1) is 0 Å². The fraction of sp³-hybridized carbons (Fsp3) is 0.455. The number of aromatic nitrogens is 4. The molecule has 0 unspecified atom stereocenters. The third-order valence-electron chi connectivity index (χ3n) is 3.14. The van der Waals surface area contributed by atoms with Gasteiger partial charge in [0.05, 0.1) is 11.8 Å². The molecule has 0 bridgehead atoms. The van der Waals surface area contributed by atoms with Gasteiger partial charge in [-0.3, -0.25) is 4.79 Å². The molecule has 0 aliphatic heterocycles. The van der Waals surface area contributed by atoms with Crippen molar-refractivity contribution in [3.8, 4) is 6.07 Å². The second-order valence-corrected chi connectivity index (χ2v) is 4.18. The van der Waals surface area contributed by atoms with E-state index in [1.807, 2.05) is 6.07 Å². The number of rotatable bonds is 1. The van der Waals surface area contributed by atoms with Crippen LogP contribution in [0.15, 0.2) is 11.1 Å². The van der Waals surface area contributed by atoms with Crippen molar-refractivity contribution in [2.45, 2.75) is 32.2 Å². The molecule has 2 heterocycles. The third-order valence-corrected chi connectivity index (χ3v) is 3.14. The van der Waals surface area contributed by atoms with Crippen LogP contribution in [0.2, 0.25) is 0 Å². The van der Waals surface area contributed by atoms with Gasteiger partial charge in [0.25, 0.3) is 5.56 Å². The summed E-state index contributed by atoms with van der Waals surface area (Å²) in [4.78, 5) is 12.1. The molecule has 0 atom stereocenters. The molecule has 0 saturated carbocycles. The molecule has 1 aliphatic carbocycles. The summed E-state index contributed by atoms with van der Waals surface area (Å²) in [5.41, 5.74) is 2.41. The zero-order valence-electron chi connectivity index (χ0n) is 9.26. The molecule has 0 fully saturated rings. The number of aryl methyl sites for hydroxylation is 2. The first-order chi connectivity index (χ1) is 8.31. The lowest BCUT2D eigenvalue weighted by molar-refractivity contribution is 0.634. The van der Waals surface area contributed by atoms with Crippen LogP contribution in [0.1, 0.15) is 24.1 Å². The standard InChI is InChI=1S/C11H11N5O/c12-5-6-15-11(17)10-8-3-1-2-4-9(8)14-16(10)7-13-15/h7H,1-4,6H2. The van der Waals surface area contributed by atoms with Crippen LogP contribution in [-0.4, -0.2) is 19.4 Å². The Labute approximate surface area is 97.1 Å². The van der Waals surface area contributed by atoms with Gasteiger partial charge in [0.2, 0.25) is 0 Å². The van der Waals surface area contributed by atoms with E-state index in [-0.39, 0.29) is 12.1 Å². The maximum absolute atomic E-state index is 12.1. The molecule has 0 saturated heterocycles. The number of nitriles is 1. The van der Waals surface area contributed by atoms with Crippen molar-refractivity contribution in [2.24, 2.45) is 0 Å². The highest BCUT2D eigenvalue weighted by molar-refractivity contribution is 5.55. The minimum absolute atomic E-state index is 0.0186.